The Bertz CT molecular complexity index is 710. The second-order valence-electron chi connectivity index (χ2n) is 4.48. The van der Waals surface area contributed by atoms with Crippen LogP contribution in [0.25, 0.3) is 0 Å². The second kappa shape index (κ2) is 6.48. The highest BCUT2D eigenvalue weighted by Crippen LogP contribution is 2.30. The SMILES string of the molecule is O=C(O)c1ccc(CON=Cc2ccc3c(c2)OCCO3)s1. The Morgan fingerprint density at radius 1 is 1.27 bits per heavy atom. The molecular formula is C15H13NO5S. The Morgan fingerprint density at radius 3 is 2.86 bits per heavy atom. The summed E-state index contributed by atoms with van der Waals surface area (Å²) in [6.07, 6.45) is 1.57. The maximum Gasteiger partial charge on any atom is 0.345 e. The first-order valence-corrected chi connectivity index (χ1v) is 7.41. The van der Waals surface area contributed by atoms with Gasteiger partial charge in [-0.25, -0.2) is 4.79 Å². The number of oxime groups is 1. The van der Waals surface area contributed by atoms with Gasteiger partial charge in [0.1, 0.15) is 18.1 Å². The summed E-state index contributed by atoms with van der Waals surface area (Å²) in [7, 11) is 0. The van der Waals surface area contributed by atoms with Crippen molar-refractivity contribution in [2.45, 2.75) is 6.61 Å². The Kier molecular flexibility index (Phi) is 4.24. The van der Waals surface area contributed by atoms with Crippen LogP contribution in [0.1, 0.15) is 20.1 Å². The number of aromatic carboxylic acids is 1. The van der Waals surface area contributed by atoms with Gasteiger partial charge in [-0.15, -0.1) is 11.3 Å². The van der Waals surface area contributed by atoms with E-state index in [-0.39, 0.29) is 11.5 Å². The summed E-state index contributed by atoms with van der Waals surface area (Å²) < 4.78 is 10.9. The molecule has 114 valence electrons. The van der Waals surface area contributed by atoms with E-state index in [1.54, 1.807) is 18.3 Å². The molecule has 1 N–H and O–H groups in total. The smallest absolute Gasteiger partial charge is 0.345 e. The first kappa shape index (κ1) is 14.4. The summed E-state index contributed by atoms with van der Waals surface area (Å²) >= 11 is 1.17. The Morgan fingerprint density at radius 2 is 2.09 bits per heavy atom. The molecule has 6 nitrogen and oxygen atoms in total. The molecule has 1 aliphatic rings. The van der Waals surface area contributed by atoms with Crippen molar-refractivity contribution in [3.63, 3.8) is 0 Å². The van der Waals surface area contributed by atoms with Crippen molar-refractivity contribution < 1.29 is 24.2 Å². The summed E-state index contributed by atoms with van der Waals surface area (Å²) in [5.41, 5.74) is 0.835. The van der Waals surface area contributed by atoms with Crippen molar-refractivity contribution in [1.82, 2.24) is 0 Å². The van der Waals surface area contributed by atoms with Crippen LogP contribution in [-0.2, 0) is 11.4 Å². The number of thiophene rings is 1. The summed E-state index contributed by atoms with van der Waals surface area (Å²) in [6.45, 7) is 1.33. The number of ether oxygens (including phenoxy) is 2. The highest BCUT2D eigenvalue weighted by atomic mass is 32.1. The Balaban J connectivity index is 1.56. The van der Waals surface area contributed by atoms with Gasteiger partial charge in [-0.2, -0.15) is 0 Å². The molecule has 1 aliphatic heterocycles. The third-order valence-corrected chi connectivity index (χ3v) is 3.97. The monoisotopic (exact) mass is 319 g/mol. The topological polar surface area (TPSA) is 77.4 Å². The van der Waals surface area contributed by atoms with E-state index < -0.39 is 5.97 Å². The molecule has 0 saturated heterocycles. The van der Waals surface area contributed by atoms with Gasteiger partial charge in [0.2, 0.25) is 0 Å². The molecule has 0 bridgehead atoms. The van der Waals surface area contributed by atoms with Crippen LogP contribution in [-0.4, -0.2) is 30.5 Å². The van der Waals surface area contributed by atoms with Gasteiger partial charge in [-0.05, 0) is 30.3 Å². The molecule has 0 atom stereocenters. The maximum atomic E-state index is 10.8. The molecule has 0 aliphatic carbocycles. The van der Waals surface area contributed by atoms with E-state index in [1.807, 2.05) is 18.2 Å². The van der Waals surface area contributed by atoms with Gasteiger partial charge in [0.15, 0.2) is 18.1 Å². The van der Waals surface area contributed by atoms with Crippen molar-refractivity contribution in [3.8, 4) is 11.5 Å². The first-order valence-electron chi connectivity index (χ1n) is 6.59. The van der Waals surface area contributed by atoms with Crippen LogP contribution in [0, 0.1) is 0 Å². The number of fused-ring (bicyclic) bond motifs is 1. The van der Waals surface area contributed by atoms with Crippen LogP contribution in [0.2, 0.25) is 0 Å². The lowest BCUT2D eigenvalue weighted by Gasteiger charge is -2.18. The zero-order valence-electron chi connectivity index (χ0n) is 11.5. The average molecular weight is 319 g/mol. The molecule has 0 amide bonds. The van der Waals surface area contributed by atoms with Gasteiger partial charge in [0, 0.05) is 10.4 Å². The molecule has 2 heterocycles. The summed E-state index contributed by atoms with van der Waals surface area (Å²) in [5.74, 6) is 0.486. The Hall–Kier alpha value is -2.54. The number of hydrogen-bond acceptors (Lipinski definition) is 6. The quantitative estimate of drug-likeness (QED) is 0.677. The molecule has 7 heteroatoms. The molecule has 1 aromatic heterocycles. The third kappa shape index (κ3) is 3.37. The minimum Gasteiger partial charge on any atom is -0.486 e. The van der Waals surface area contributed by atoms with Crippen molar-refractivity contribution in [1.29, 1.82) is 0 Å². The van der Waals surface area contributed by atoms with Gasteiger partial charge in [-0.3, -0.25) is 0 Å². The lowest BCUT2D eigenvalue weighted by molar-refractivity contribution is 0.0702. The van der Waals surface area contributed by atoms with E-state index in [0.29, 0.717) is 19.0 Å². The zero-order chi connectivity index (χ0) is 15.4. The predicted octanol–water partition coefficient (Wildman–Crippen LogP) is 2.77. The van der Waals surface area contributed by atoms with E-state index >= 15 is 0 Å². The summed E-state index contributed by atoms with van der Waals surface area (Å²) in [4.78, 5) is 17.0. The van der Waals surface area contributed by atoms with Crippen LogP contribution < -0.4 is 9.47 Å². The van der Waals surface area contributed by atoms with E-state index in [9.17, 15) is 4.79 Å². The minimum absolute atomic E-state index is 0.235. The van der Waals surface area contributed by atoms with Crippen LogP contribution in [0.3, 0.4) is 0 Å². The fraction of sp³-hybridized carbons (Fsp3) is 0.200. The van der Waals surface area contributed by atoms with Gasteiger partial charge in [0.25, 0.3) is 0 Å². The van der Waals surface area contributed by atoms with Crippen molar-refractivity contribution in [2.24, 2.45) is 5.16 Å². The standard InChI is InChI=1S/C15H13NO5S/c17-15(18)14-4-2-11(22-14)9-21-16-8-10-1-3-12-13(7-10)20-6-5-19-12/h1-4,7-8H,5-6,9H2,(H,17,18). The number of benzene rings is 1. The number of carboxylic acids is 1. The molecule has 2 aromatic rings. The van der Waals surface area contributed by atoms with Gasteiger partial charge < -0.3 is 19.4 Å². The van der Waals surface area contributed by atoms with Crippen LogP contribution in [0.5, 0.6) is 11.5 Å². The summed E-state index contributed by atoms with van der Waals surface area (Å²) in [6, 6.07) is 8.78. The van der Waals surface area contributed by atoms with Crippen molar-refractivity contribution in [3.05, 3.63) is 45.6 Å². The zero-order valence-corrected chi connectivity index (χ0v) is 12.3. The van der Waals surface area contributed by atoms with Crippen LogP contribution in [0.15, 0.2) is 35.5 Å². The molecular weight excluding hydrogens is 306 g/mol. The van der Waals surface area contributed by atoms with Crippen molar-refractivity contribution in [2.75, 3.05) is 13.2 Å². The lowest BCUT2D eigenvalue weighted by atomic mass is 10.2. The normalized spacial score (nSPS) is 13.3. The third-order valence-electron chi connectivity index (χ3n) is 2.92. The summed E-state index contributed by atoms with van der Waals surface area (Å²) in [5, 5.41) is 12.7. The molecule has 0 spiro atoms. The predicted molar refractivity (Wildman–Crippen MR) is 81.1 cm³/mol. The number of carbonyl (C=O) groups is 1. The molecule has 0 saturated carbocycles. The largest absolute Gasteiger partial charge is 0.486 e. The lowest BCUT2D eigenvalue weighted by Crippen LogP contribution is -2.15. The Labute approximate surface area is 130 Å². The number of nitrogens with zero attached hydrogens (tertiary/aromatic N) is 1. The number of hydrogen-bond donors (Lipinski definition) is 1. The van der Waals surface area contributed by atoms with Gasteiger partial charge >= 0.3 is 5.97 Å². The average Bonchev–Trinajstić information content (AvgIpc) is 3.00. The van der Waals surface area contributed by atoms with E-state index in [1.165, 1.54) is 11.3 Å². The second-order valence-corrected chi connectivity index (χ2v) is 5.65. The molecule has 0 radical (unpaired) electrons. The highest BCUT2D eigenvalue weighted by Gasteiger charge is 2.11. The maximum absolute atomic E-state index is 10.8. The fourth-order valence-electron chi connectivity index (χ4n) is 1.91. The van der Waals surface area contributed by atoms with Gasteiger partial charge in [-0.1, -0.05) is 5.16 Å². The first-order chi connectivity index (χ1) is 10.7. The molecule has 22 heavy (non-hydrogen) atoms. The van der Waals surface area contributed by atoms with Crippen molar-refractivity contribution >= 4 is 23.5 Å². The van der Waals surface area contributed by atoms with Crippen LogP contribution in [0.4, 0.5) is 0 Å². The van der Waals surface area contributed by atoms with E-state index in [0.717, 1.165) is 16.2 Å². The molecule has 0 unspecified atom stereocenters. The molecule has 0 fully saturated rings. The number of carboxylic acid groups (broad SMARTS) is 1. The van der Waals surface area contributed by atoms with E-state index in [4.69, 9.17) is 19.4 Å². The van der Waals surface area contributed by atoms with E-state index in [2.05, 4.69) is 5.16 Å². The molecule has 3 rings (SSSR count). The number of rotatable bonds is 5. The van der Waals surface area contributed by atoms with Gasteiger partial charge in [0.05, 0.1) is 6.21 Å². The highest BCUT2D eigenvalue weighted by molar-refractivity contribution is 7.13. The molecule has 1 aromatic carbocycles. The fourth-order valence-corrected chi connectivity index (χ4v) is 2.66. The minimum atomic E-state index is -0.934. The van der Waals surface area contributed by atoms with Crippen LogP contribution >= 0.6 is 11.3 Å².